The summed E-state index contributed by atoms with van der Waals surface area (Å²) in [7, 11) is 0. The summed E-state index contributed by atoms with van der Waals surface area (Å²) in [4.78, 5) is 23.0. The molecule has 3 N–H and O–H groups in total. The van der Waals surface area contributed by atoms with E-state index in [1.54, 1.807) is 23.7 Å². The van der Waals surface area contributed by atoms with Crippen molar-refractivity contribution in [3.63, 3.8) is 0 Å². The highest BCUT2D eigenvalue weighted by Crippen LogP contribution is 2.13. The maximum absolute atomic E-state index is 11.8. The fourth-order valence-electron chi connectivity index (χ4n) is 2.06. The van der Waals surface area contributed by atoms with Gasteiger partial charge in [0.25, 0.3) is 5.91 Å². The van der Waals surface area contributed by atoms with E-state index in [0.29, 0.717) is 17.9 Å². The standard InChI is InChI=1S/C19H20N2O4/c1-14(25-17-10-8-16(9-11-17)19(23)21-24)13-20-18(22)12-7-15-5-3-2-4-6-15/h2-12,14,24H,13H2,1H3,(H,20,22)(H,21,23)/t14-/m1/s1. The summed E-state index contributed by atoms with van der Waals surface area (Å²) in [6.07, 6.45) is 2.97. The number of rotatable bonds is 7. The van der Waals surface area contributed by atoms with Crippen LogP contribution in [0.1, 0.15) is 22.8 Å². The van der Waals surface area contributed by atoms with Gasteiger partial charge in [-0.15, -0.1) is 0 Å². The van der Waals surface area contributed by atoms with Gasteiger partial charge in [0.15, 0.2) is 0 Å². The predicted octanol–water partition coefficient (Wildman–Crippen LogP) is 2.40. The number of hydrogen-bond donors (Lipinski definition) is 3. The molecule has 6 heteroatoms. The minimum atomic E-state index is -0.586. The molecule has 6 nitrogen and oxygen atoms in total. The number of nitrogens with one attached hydrogen (secondary N) is 2. The number of hydroxylamine groups is 1. The van der Waals surface area contributed by atoms with Crippen molar-refractivity contribution < 1.29 is 19.5 Å². The predicted molar refractivity (Wildman–Crippen MR) is 94.3 cm³/mol. The molecule has 2 aromatic rings. The smallest absolute Gasteiger partial charge is 0.274 e. The van der Waals surface area contributed by atoms with Crippen molar-refractivity contribution in [3.8, 4) is 5.75 Å². The summed E-state index contributed by atoms with van der Waals surface area (Å²) >= 11 is 0. The maximum Gasteiger partial charge on any atom is 0.274 e. The minimum Gasteiger partial charge on any atom is -0.489 e. The van der Waals surface area contributed by atoms with Gasteiger partial charge in [0.1, 0.15) is 11.9 Å². The van der Waals surface area contributed by atoms with E-state index >= 15 is 0 Å². The molecule has 0 spiro atoms. The molecule has 0 radical (unpaired) electrons. The Kier molecular flexibility index (Phi) is 6.74. The molecule has 0 aliphatic heterocycles. The van der Waals surface area contributed by atoms with E-state index in [9.17, 15) is 9.59 Å². The molecule has 0 bridgehead atoms. The topological polar surface area (TPSA) is 87.7 Å². The molecule has 0 aromatic heterocycles. The molecule has 2 rings (SSSR count). The normalized spacial score (nSPS) is 11.8. The largest absolute Gasteiger partial charge is 0.489 e. The molecule has 2 aromatic carbocycles. The van der Waals surface area contributed by atoms with Gasteiger partial charge in [-0.1, -0.05) is 30.3 Å². The second-order valence-electron chi connectivity index (χ2n) is 5.38. The number of hydrogen-bond acceptors (Lipinski definition) is 4. The van der Waals surface area contributed by atoms with Crippen molar-refractivity contribution in [1.82, 2.24) is 10.8 Å². The van der Waals surface area contributed by atoms with E-state index < -0.39 is 5.91 Å². The van der Waals surface area contributed by atoms with Gasteiger partial charge in [0.2, 0.25) is 5.91 Å². The van der Waals surface area contributed by atoms with Gasteiger partial charge < -0.3 is 10.1 Å². The molecule has 0 aliphatic carbocycles. The second kappa shape index (κ2) is 9.24. The third-order valence-electron chi connectivity index (χ3n) is 3.35. The fourth-order valence-corrected chi connectivity index (χ4v) is 2.06. The van der Waals surface area contributed by atoms with Gasteiger partial charge in [0, 0.05) is 11.6 Å². The van der Waals surface area contributed by atoms with Crippen LogP contribution >= 0.6 is 0 Å². The Morgan fingerprint density at radius 2 is 1.80 bits per heavy atom. The number of amides is 2. The summed E-state index contributed by atoms with van der Waals surface area (Å²) in [6.45, 7) is 2.17. The average molecular weight is 340 g/mol. The minimum absolute atomic E-state index is 0.200. The van der Waals surface area contributed by atoms with E-state index in [-0.39, 0.29) is 12.0 Å². The molecule has 130 valence electrons. The summed E-state index contributed by atoms with van der Waals surface area (Å²) in [5.41, 5.74) is 2.84. The van der Waals surface area contributed by atoms with Gasteiger partial charge in [-0.2, -0.15) is 0 Å². The van der Waals surface area contributed by atoms with Crippen molar-refractivity contribution in [2.75, 3.05) is 6.54 Å². The Balaban J connectivity index is 1.78. The quantitative estimate of drug-likeness (QED) is 0.410. The van der Waals surface area contributed by atoms with Gasteiger partial charge in [-0.05, 0) is 42.8 Å². The number of carbonyl (C=O) groups is 2. The molecule has 2 amide bonds. The third kappa shape index (κ3) is 6.12. The lowest BCUT2D eigenvalue weighted by atomic mass is 10.2. The molecular weight excluding hydrogens is 320 g/mol. The molecule has 0 heterocycles. The van der Waals surface area contributed by atoms with Crippen LogP contribution in [0.2, 0.25) is 0 Å². The summed E-state index contributed by atoms with van der Waals surface area (Å²) in [5.74, 6) is -0.220. The van der Waals surface area contributed by atoms with Crippen LogP contribution in [0.4, 0.5) is 0 Å². The second-order valence-corrected chi connectivity index (χ2v) is 5.38. The van der Waals surface area contributed by atoms with Crippen LogP contribution in [-0.2, 0) is 4.79 Å². The van der Waals surface area contributed by atoms with Crippen molar-refractivity contribution in [2.24, 2.45) is 0 Å². The summed E-state index contributed by atoms with van der Waals surface area (Å²) < 4.78 is 5.66. The van der Waals surface area contributed by atoms with Crippen LogP contribution < -0.4 is 15.5 Å². The van der Waals surface area contributed by atoms with E-state index in [4.69, 9.17) is 9.94 Å². The van der Waals surface area contributed by atoms with Crippen molar-refractivity contribution in [1.29, 1.82) is 0 Å². The van der Waals surface area contributed by atoms with Crippen LogP contribution in [0.3, 0.4) is 0 Å². The highest BCUT2D eigenvalue weighted by molar-refractivity contribution is 5.93. The lowest BCUT2D eigenvalue weighted by Gasteiger charge is -2.15. The first-order chi connectivity index (χ1) is 12.1. The van der Waals surface area contributed by atoms with Gasteiger partial charge in [-0.25, -0.2) is 5.48 Å². The molecule has 25 heavy (non-hydrogen) atoms. The summed E-state index contributed by atoms with van der Waals surface area (Å²) in [5, 5.41) is 11.3. The zero-order valence-electron chi connectivity index (χ0n) is 13.8. The number of benzene rings is 2. The van der Waals surface area contributed by atoms with Crippen molar-refractivity contribution in [2.45, 2.75) is 13.0 Å². The molecule has 0 unspecified atom stereocenters. The molecular formula is C19H20N2O4. The average Bonchev–Trinajstić information content (AvgIpc) is 2.65. The van der Waals surface area contributed by atoms with E-state index in [0.717, 1.165) is 5.56 Å². The van der Waals surface area contributed by atoms with Gasteiger partial charge in [0.05, 0.1) is 6.54 Å². The Hall–Kier alpha value is -3.12. The molecule has 0 aliphatic rings. The highest BCUT2D eigenvalue weighted by atomic mass is 16.5. The monoisotopic (exact) mass is 340 g/mol. The lowest BCUT2D eigenvalue weighted by molar-refractivity contribution is -0.116. The zero-order chi connectivity index (χ0) is 18.1. The number of ether oxygens (including phenoxy) is 1. The first-order valence-corrected chi connectivity index (χ1v) is 7.80. The molecule has 1 atom stereocenters. The van der Waals surface area contributed by atoms with Gasteiger partial charge in [-0.3, -0.25) is 14.8 Å². The summed E-state index contributed by atoms with van der Waals surface area (Å²) in [6, 6.07) is 15.9. The van der Waals surface area contributed by atoms with Gasteiger partial charge >= 0.3 is 0 Å². The Labute approximate surface area is 146 Å². The SMILES string of the molecule is C[C@H](CNC(=O)C=Cc1ccccc1)Oc1ccc(C(=O)NO)cc1. The van der Waals surface area contributed by atoms with E-state index in [1.165, 1.54) is 18.2 Å². The Bertz CT molecular complexity index is 727. The van der Waals surface area contributed by atoms with Crippen LogP contribution in [0, 0.1) is 0 Å². The van der Waals surface area contributed by atoms with Crippen LogP contribution in [-0.4, -0.2) is 29.7 Å². The first-order valence-electron chi connectivity index (χ1n) is 7.80. The van der Waals surface area contributed by atoms with E-state index in [1.807, 2.05) is 37.3 Å². The molecule has 0 saturated heterocycles. The van der Waals surface area contributed by atoms with Crippen LogP contribution in [0.5, 0.6) is 5.75 Å². The lowest BCUT2D eigenvalue weighted by Crippen LogP contribution is -2.32. The van der Waals surface area contributed by atoms with Crippen molar-refractivity contribution in [3.05, 3.63) is 71.8 Å². The maximum atomic E-state index is 11.8. The highest BCUT2D eigenvalue weighted by Gasteiger charge is 2.07. The Morgan fingerprint density at radius 1 is 1.12 bits per heavy atom. The van der Waals surface area contributed by atoms with E-state index in [2.05, 4.69) is 5.32 Å². The Morgan fingerprint density at radius 3 is 2.44 bits per heavy atom. The number of carbonyl (C=O) groups excluding carboxylic acids is 2. The fraction of sp³-hybridized carbons (Fsp3) is 0.158. The zero-order valence-corrected chi connectivity index (χ0v) is 13.8. The third-order valence-corrected chi connectivity index (χ3v) is 3.35. The molecule has 0 saturated carbocycles. The van der Waals surface area contributed by atoms with Crippen molar-refractivity contribution >= 4 is 17.9 Å². The first kappa shape index (κ1) is 18.2. The van der Waals surface area contributed by atoms with Crippen LogP contribution in [0.25, 0.3) is 6.08 Å². The van der Waals surface area contributed by atoms with Crippen LogP contribution in [0.15, 0.2) is 60.7 Å². The molecule has 0 fully saturated rings.